The molecule has 1 aliphatic heterocycles. The number of hydrogen-bond donors (Lipinski definition) is 2. The number of likely N-dealkylation sites (tertiary alicyclic amines) is 1. The number of aromatic nitrogens is 1. The smallest absolute Gasteiger partial charge is 0.251 e. The van der Waals surface area contributed by atoms with Crippen molar-refractivity contribution < 1.29 is 8.78 Å². The lowest BCUT2D eigenvalue weighted by molar-refractivity contribution is 0.175. The van der Waals surface area contributed by atoms with Gasteiger partial charge in [-0.3, -0.25) is 9.69 Å². The summed E-state index contributed by atoms with van der Waals surface area (Å²) in [6, 6.07) is 10.1. The molecule has 3 heterocycles. The van der Waals surface area contributed by atoms with Gasteiger partial charge in [0.2, 0.25) is 0 Å². The maximum absolute atomic E-state index is 13.4. The van der Waals surface area contributed by atoms with Crippen LogP contribution in [0.5, 0.6) is 0 Å². The first-order valence-electron chi connectivity index (χ1n) is 11.6. The molecule has 0 amide bonds. The van der Waals surface area contributed by atoms with Gasteiger partial charge in [0, 0.05) is 45.7 Å². The summed E-state index contributed by atoms with van der Waals surface area (Å²) in [6.07, 6.45) is 2.88. The van der Waals surface area contributed by atoms with Gasteiger partial charge in [-0.25, -0.2) is 8.78 Å². The number of halogens is 3. The molecule has 1 fully saturated rings. The van der Waals surface area contributed by atoms with Crippen LogP contribution in [0, 0.1) is 24.5 Å². The Morgan fingerprint density at radius 3 is 2.50 bits per heavy atom. The van der Waals surface area contributed by atoms with Crippen LogP contribution < -0.4 is 10.9 Å². The van der Waals surface area contributed by atoms with Crippen molar-refractivity contribution >= 4 is 23.7 Å². The molecular formula is C26H32ClF2N3OS. The summed E-state index contributed by atoms with van der Waals surface area (Å²) in [5.41, 5.74) is 3.53. The van der Waals surface area contributed by atoms with Gasteiger partial charge in [0.05, 0.1) is 0 Å². The van der Waals surface area contributed by atoms with Crippen LogP contribution in [-0.2, 0) is 19.5 Å². The average molecular weight is 508 g/mol. The number of nitrogens with zero attached hydrogens (tertiary/aromatic N) is 1. The number of nitrogens with one attached hydrogen (secondary N) is 2. The second-order valence-electron chi connectivity index (χ2n) is 8.91. The zero-order valence-electron chi connectivity index (χ0n) is 19.6. The fourth-order valence-electron chi connectivity index (χ4n) is 4.51. The number of H-pyrrole nitrogens is 1. The number of benzene rings is 1. The first kappa shape index (κ1) is 26.5. The first-order chi connectivity index (χ1) is 15.9. The highest BCUT2D eigenvalue weighted by atomic mass is 35.5. The lowest BCUT2D eigenvalue weighted by atomic mass is 9.96. The molecule has 0 spiro atoms. The van der Waals surface area contributed by atoms with E-state index in [-0.39, 0.29) is 18.0 Å². The van der Waals surface area contributed by atoms with Crippen molar-refractivity contribution in [3.63, 3.8) is 0 Å². The summed E-state index contributed by atoms with van der Waals surface area (Å²) < 4.78 is 26.8. The van der Waals surface area contributed by atoms with Crippen molar-refractivity contribution in [2.45, 2.75) is 46.2 Å². The molecule has 0 bridgehead atoms. The third-order valence-corrected chi connectivity index (χ3v) is 7.51. The Hall–Kier alpha value is -2.06. The molecule has 2 aromatic heterocycles. The summed E-state index contributed by atoms with van der Waals surface area (Å²) in [5.74, 6) is -0.414. The molecule has 0 radical (unpaired) electrons. The van der Waals surface area contributed by atoms with Crippen LogP contribution in [0.4, 0.5) is 8.78 Å². The highest BCUT2D eigenvalue weighted by Crippen LogP contribution is 2.30. The summed E-state index contributed by atoms with van der Waals surface area (Å²) in [6.45, 7) is 8.22. The summed E-state index contributed by atoms with van der Waals surface area (Å²) in [4.78, 5) is 19.7. The van der Waals surface area contributed by atoms with Gasteiger partial charge in [-0.2, -0.15) is 0 Å². The van der Waals surface area contributed by atoms with Crippen LogP contribution in [0.1, 0.15) is 41.5 Å². The quantitative estimate of drug-likeness (QED) is 0.412. The number of aromatic amines is 1. The van der Waals surface area contributed by atoms with Crippen LogP contribution in [0.2, 0.25) is 0 Å². The van der Waals surface area contributed by atoms with Crippen LogP contribution in [0.25, 0.3) is 10.4 Å². The lowest BCUT2D eigenvalue weighted by Crippen LogP contribution is -2.36. The third kappa shape index (κ3) is 6.75. The maximum Gasteiger partial charge on any atom is 0.251 e. The van der Waals surface area contributed by atoms with Crippen molar-refractivity contribution in [1.29, 1.82) is 0 Å². The number of aryl methyl sites for hydroxylation is 2. The van der Waals surface area contributed by atoms with Crippen molar-refractivity contribution in [1.82, 2.24) is 15.2 Å². The van der Waals surface area contributed by atoms with Gasteiger partial charge in [0.15, 0.2) is 0 Å². The predicted molar refractivity (Wildman–Crippen MR) is 138 cm³/mol. The van der Waals surface area contributed by atoms with Gasteiger partial charge in [-0.15, -0.1) is 23.7 Å². The van der Waals surface area contributed by atoms with Crippen molar-refractivity contribution in [3.8, 4) is 10.4 Å². The molecule has 4 rings (SSSR count). The maximum atomic E-state index is 13.4. The van der Waals surface area contributed by atoms with E-state index < -0.39 is 11.6 Å². The Bertz CT molecular complexity index is 1130. The predicted octanol–water partition coefficient (Wildman–Crippen LogP) is 5.68. The molecule has 4 nitrogen and oxygen atoms in total. The van der Waals surface area contributed by atoms with Crippen LogP contribution in [0.3, 0.4) is 0 Å². The number of rotatable bonds is 8. The van der Waals surface area contributed by atoms with Crippen molar-refractivity contribution in [2.24, 2.45) is 5.92 Å². The summed E-state index contributed by atoms with van der Waals surface area (Å²) >= 11 is 1.76. The first-order valence-corrected chi connectivity index (χ1v) is 12.4. The minimum absolute atomic E-state index is 0. The lowest BCUT2D eigenvalue weighted by Gasteiger charge is -2.32. The summed E-state index contributed by atoms with van der Waals surface area (Å²) in [7, 11) is 0. The van der Waals surface area contributed by atoms with Gasteiger partial charge >= 0.3 is 0 Å². The van der Waals surface area contributed by atoms with E-state index in [1.54, 1.807) is 11.3 Å². The van der Waals surface area contributed by atoms with E-state index in [1.165, 1.54) is 21.9 Å². The second-order valence-corrected chi connectivity index (χ2v) is 10.1. The number of piperidine rings is 1. The molecule has 1 aromatic carbocycles. The van der Waals surface area contributed by atoms with E-state index >= 15 is 0 Å². The monoisotopic (exact) mass is 507 g/mol. The highest BCUT2D eigenvalue weighted by Gasteiger charge is 2.19. The van der Waals surface area contributed by atoms with Gasteiger partial charge in [0.25, 0.3) is 5.56 Å². The SMILES string of the molecule is CCc1cc(-c2ccc(CNCC3CCN(Cc4cc(F)cc(F)c4)CC3)s2)c(C)[nH]c1=O.Cl. The molecule has 34 heavy (non-hydrogen) atoms. The molecule has 1 saturated heterocycles. The average Bonchev–Trinajstić information content (AvgIpc) is 3.23. The van der Waals surface area contributed by atoms with E-state index in [4.69, 9.17) is 0 Å². The second kappa shape index (κ2) is 12.1. The van der Waals surface area contributed by atoms with E-state index in [0.717, 1.165) is 68.3 Å². The van der Waals surface area contributed by atoms with Gasteiger partial charge in [0.1, 0.15) is 11.6 Å². The largest absolute Gasteiger partial charge is 0.326 e. The van der Waals surface area contributed by atoms with E-state index in [1.807, 2.05) is 19.9 Å². The number of thiophene rings is 1. The zero-order valence-corrected chi connectivity index (χ0v) is 21.3. The summed E-state index contributed by atoms with van der Waals surface area (Å²) in [5, 5.41) is 3.60. The molecule has 0 saturated carbocycles. The molecule has 1 aliphatic rings. The normalized spacial score (nSPS) is 14.8. The fraction of sp³-hybridized carbons (Fsp3) is 0.423. The molecule has 2 N–H and O–H groups in total. The van der Waals surface area contributed by atoms with Crippen LogP contribution >= 0.6 is 23.7 Å². The van der Waals surface area contributed by atoms with E-state index in [9.17, 15) is 13.6 Å². The molecule has 0 aliphatic carbocycles. The standard InChI is InChI=1S/C26H31F2N3OS.ClH/c1-3-20-12-24(17(2)30-26(20)32)25-5-4-23(33-25)15-29-14-18-6-8-31(9-7-18)16-19-10-21(27)13-22(28)11-19;/h4-5,10-13,18,29H,3,6-9,14-16H2,1-2H3,(H,30,32);1H. The highest BCUT2D eigenvalue weighted by molar-refractivity contribution is 7.15. The Labute approximate surface area is 209 Å². The molecule has 184 valence electrons. The molecule has 0 atom stereocenters. The van der Waals surface area contributed by atoms with Gasteiger partial charge < -0.3 is 10.3 Å². The van der Waals surface area contributed by atoms with E-state index in [2.05, 4.69) is 27.3 Å². The molecular weight excluding hydrogens is 476 g/mol. The number of pyridine rings is 1. The van der Waals surface area contributed by atoms with Crippen molar-refractivity contribution in [3.05, 3.63) is 80.1 Å². The minimum Gasteiger partial charge on any atom is -0.326 e. The van der Waals surface area contributed by atoms with Crippen molar-refractivity contribution in [2.75, 3.05) is 19.6 Å². The Morgan fingerprint density at radius 1 is 1.12 bits per heavy atom. The van der Waals surface area contributed by atoms with Crippen LogP contribution in [0.15, 0.2) is 41.2 Å². The zero-order chi connectivity index (χ0) is 23.4. The fourth-order valence-corrected chi connectivity index (χ4v) is 5.56. The Balaban J connectivity index is 0.00000324. The minimum atomic E-state index is -0.512. The topological polar surface area (TPSA) is 48.1 Å². The van der Waals surface area contributed by atoms with E-state index in [0.29, 0.717) is 18.0 Å². The molecule has 3 aromatic rings. The molecule has 8 heteroatoms. The Morgan fingerprint density at radius 2 is 1.82 bits per heavy atom. The Kier molecular flexibility index (Phi) is 9.42. The number of hydrogen-bond acceptors (Lipinski definition) is 4. The van der Waals surface area contributed by atoms with Crippen LogP contribution in [-0.4, -0.2) is 29.5 Å². The van der Waals surface area contributed by atoms with Gasteiger partial charge in [-0.1, -0.05) is 6.92 Å². The van der Waals surface area contributed by atoms with Gasteiger partial charge in [-0.05, 0) is 87.6 Å². The molecule has 0 unspecified atom stereocenters. The third-order valence-electron chi connectivity index (χ3n) is 6.39.